The number of pyridine rings is 2. The van der Waals surface area contributed by atoms with Gasteiger partial charge < -0.3 is 9.64 Å². The quantitative estimate of drug-likeness (QED) is 0.258. The summed E-state index contributed by atoms with van der Waals surface area (Å²) < 4.78 is 45.7. The lowest BCUT2D eigenvalue weighted by Gasteiger charge is -2.19. The highest BCUT2D eigenvalue weighted by Gasteiger charge is 2.37. The minimum atomic E-state index is -4.46. The van der Waals surface area contributed by atoms with Crippen LogP contribution in [0.4, 0.5) is 13.2 Å². The van der Waals surface area contributed by atoms with Crippen molar-refractivity contribution in [2.45, 2.75) is 18.5 Å². The summed E-state index contributed by atoms with van der Waals surface area (Å²) in [6.07, 6.45) is 1.75. The van der Waals surface area contributed by atoms with E-state index in [9.17, 15) is 18.0 Å². The van der Waals surface area contributed by atoms with Crippen molar-refractivity contribution in [1.29, 1.82) is 0 Å². The third kappa shape index (κ3) is 6.17. The number of carbonyl (C=O) groups excluding carboxylic acids is 1. The summed E-state index contributed by atoms with van der Waals surface area (Å²) in [6.45, 7) is 1.11. The Morgan fingerprint density at radius 2 is 1.87 bits per heavy atom. The standard InChI is InChI=1S/C27H22Cl2F3N5O2/c28-22-5-2-17(12-23(22)29)21-16-36(26(38)18-3-6-24(33-13-18)37-10-1-9-35-37)15-19(21)8-11-39-25-7-4-20(14-34-25)27(30,31)32/h1-7,9-10,12-14,19,21H,8,11,15-16H2/t19-,21-/m1/s1. The molecule has 0 saturated carbocycles. The van der Waals surface area contributed by atoms with Gasteiger partial charge in [-0.2, -0.15) is 18.3 Å². The number of alkyl halides is 3. The second kappa shape index (κ2) is 11.2. The second-order valence-corrected chi connectivity index (χ2v) is 9.94. The maximum atomic E-state index is 13.4. The fourth-order valence-electron chi connectivity index (χ4n) is 4.63. The second-order valence-electron chi connectivity index (χ2n) is 9.13. The molecule has 0 N–H and O–H groups in total. The predicted octanol–water partition coefficient (Wildman–Crippen LogP) is 6.31. The van der Waals surface area contributed by atoms with Crippen LogP contribution < -0.4 is 4.74 Å². The zero-order valence-electron chi connectivity index (χ0n) is 20.4. The summed E-state index contributed by atoms with van der Waals surface area (Å²) in [5, 5.41) is 4.99. The first kappa shape index (κ1) is 27.0. The maximum absolute atomic E-state index is 13.4. The van der Waals surface area contributed by atoms with Gasteiger partial charge in [-0.25, -0.2) is 14.6 Å². The number of aromatic nitrogens is 4. The molecule has 1 aliphatic heterocycles. The molecule has 3 aromatic heterocycles. The van der Waals surface area contributed by atoms with Gasteiger partial charge in [0, 0.05) is 49.9 Å². The van der Waals surface area contributed by atoms with E-state index in [1.54, 1.807) is 52.3 Å². The Morgan fingerprint density at radius 3 is 2.51 bits per heavy atom. The summed E-state index contributed by atoms with van der Waals surface area (Å²) in [5.41, 5.74) is 0.542. The van der Waals surface area contributed by atoms with E-state index < -0.39 is 11.7 Å². The molecule has 0 aliphatic carbocycles. The summed E-state index contributed by atoms with van der Waals surface area (Å²) in [6, 6.07) is 12.8. The van der Waals surface area contributed by atoms with E-state index in [-0.39, 0.29) is 30.2 Å². The van der Waals surface area contributed by atoms with Crippen LogP contribution in [-0.4, -0.2) is 50.3 Å². The molecular weight excluding hydrogens is 554 g/mol. The summed E-state index contributed by atoms with van der Waals surface area (Å²) in [5.74, 6) is 0.482. The SMILES string of the molecule is O=C(c1ccc(-n2cccn2)nc1)N1C[C@@H](CCOc2ccc(C(F)(F)F)cn2)[C@@H](c2ccc(Cl)c(Cl)c2)C1. The summed E-state index contributed by atoms with van der Waals surface area (Å²) in [4.78, 5) is 23.3. The predicted molar refractivity (Wildman–Crippen MR) is 139 cm³/mol. The third-order valence-electron chi connectivity index (χ3n) is 6.64. The van der Waals surface area contributed by atoms with Gasteiger partial charge in [-0.15, -0.1) is 0 Å². The molecule has 0 unspecified atom stereocenters. The first-order valence-electron chi connectivity index (χ1n) is 12.1. The number of halogens is 5. The van der Waals surface area contributed by atoms with E-state index in [1.807, 2.05) is 6.07 Å². The molecule has 12 heteroatoms. The highest BCUT2D eigenvalue weighted by Crippen LogP contribution is 2.38. The van der Waals surface area contributed by atoms with Crippen molar-refractivity contribution in [3.05, 3.63) is 100 Å². The van der Waals surface area contributed by atoms with Crippen molar-refractivity contribution in [1.82, 2.24) is 24.6 Å². The van der Waals surface area contributed by atoms with Gasteiger partial charge in [0.1, 0.15) is 0 Å². The van der Waals surface area contributed by atoms with Crippen molar-refractivity contribution in [2.24, 2.45) is 5.92 Å². The van der Waals surface area contributed by atoms with Crippen LogP contribution in [0.25, 0.3) is 5.82 Å². The molecule has 4 aromatic rings. The summed E-state index contributed by atoms with van der Waals surface area (Å²) in [7, 11) is 0. The van der Waals surface area contributed by atoms with Gasteiger partial charge in [-0.3, -0.25) is 4.79 Å². The van der Waals surface area contributed by atoms with Crippen LogP contribution in [-0.2, 0) is 6.18 Å². The normalized spacial score (nSPS) is 17.4. The fraction of sp³-hybridized carbons (Fsp3) is 0.259. The van der Waals surface area contributed by atoms with E-state index in [2.05, 4.69) is 15.1 Å². The van der Waals surface area contributed by atoms with E-state index in [0.29, 0.717) is 40.9 Å². The van der Waals surface area contributed by atoms with Crippen molar-refractivity contribution in [3.8, 4) is 11.7 Å². The number of ether oxygens (including phenoxy) is 1. The number of likely N-dealkylation sites (tertiary alicyclic amines) is 1. The van der Waals surface area contributed by atoms with Gasteiger partial charge in [0.15, 0.2) is 5.82 Å². The van der Waals surface area contributed by atoms with Crippen molar-refractivity contribution < 1.29 is 22.7 Å². The van der Waals surface area contributed by atoms with E-state index in [1.165, 1.54) is 12.3 Å². The van der Waals surface area contributed by atoms with Crippen LogP contribution in [0.5, 0.6) is 5.88 Å². The number of hydrogen-bond donors (Lipinski definition) is 0. The number of amides is 1. The fourth-order valence-corrected chi connectivity index (χ4v) is 4.94. The highest BCUT2D eigenvalue weighted by molar-refractivity contribution is 6.42. The van der Waals surface area contributed by atoms with Crippen molar-refractivity contribution >= 4 is 29.1 Å². The average molecular weight is 576 g/mol. The molecule has 0 radical (unpaired) electrons. The van der Waals surface area contributed by atoms with Crippen LogP contribution in [0.1, 0.15) is 33.8 Å². The molecule has 39 heavy (non-hydrogen) atoms. The van der Waals surface area contributed by atoms with Crippen LogP contribution >= 0.6 is 23.2 Å². The molecular formula is C27H22Cl2F3N5O2. The molecule has 2 atom stereocenters. The zero-order valence-corrected chi connectivity index (χ0v) is 21.9. The molecule has 0 bridgehead atoms. The average Bonchev–Trinajstić information content (AvgIpc) is 3.61. The number of rotatable bonds is 7. The number of hydrogen-bond acceptors (Lipinski definition) is 5. The van der Waals surface area contributed by atoms with Gasteiger partial charge in [0.2, 0.25) is 5.88 Å². The van der Waals surface area contributed by atoms with Crippen LogP contribution in [0.2, 0.25) is 10.0 Å². The molecule has 1 fully saturated rings. The van der Waals surface area contributed by atoms with Crippen LogP contribution in [0.15, 0.2) is 73.3 Å². The number of carbonyl (C=O) groups is 1. The monoisotopic (exact) mass is 575 g/mol. The lowest BCUT2D eigenvalue weighted by Crippen LogP contribution is -2.29. The topological polar surface area (TPSA) is 73.1 Å². The lowest BCUT2D eigenvalue weighted by molar-refractivity contribution is -0.137. The van der Waals surface area contributed by atoms with E-state index in [0.717, 1.165) is 17.8 Å². The minimum absolute atomic E-state index is 0.00283. The van der Waals surface area contributed by atoms with Crippen LogP contribution in [0.3, 0.4) is 0 Å². The molecule has 1 aliphatic rings. The molecule has 0 spiro atoms. The molecule has 1 saturated heterocycles. The molecule has 202 valence electrons. The Labute approximate surface area is 232 Å². The molecule has 7 nitrogen and oxygen atoms in total. The van der Waals surface area contributed by atoms with Gasteiger partial charge in [0.25, 0.3) is 5.91 Å². The zero-order chi connectivity index (χ0) is 27.6. The van der Waals surface area contributed by atoms with Gasteiger partial charge in [-0.05, 0) is 54.3 Å². The Hall–Kier alpha value is -3.63. The Balaban J connectivity index is 1.29. The van der Waals surface area contributed by atoms with E-state index >= 15 is 0 Å². The first-order chi connectivity index (χ1) is 18.7. The Kier molecular flexibility index (Phi) is 7.76. The Morgan fingerprint density at radius 1 is 1.03 bits per heavy atom. The number of nitrogens with zero attached hydrogens (tertiary/aromatic N) is 5. The molecule has 5 rings (SSSR count). The third-order valence-corrected chi connectivity index (χ3v) is 7.38. The number of benzene rings is 1. The van der Waals surface area contributed by atoms with Gasteiger partial charge >= 0.3 is 6.18 Å². The smallest absolute Gasteiger partial charge is 0.417 e. The molecule has 4 heterocycles. The van der Waals surface area contributed by atoms with Gasteiger partial charge in [-0.1, -0.05) is 29.3 Å². The lowest BCUT2D eigenvalue weighted by atomic mass is 9.87. The van der Waals surface area contributed by atoms with Crippen LogP contribution in [0, 0.1) is 5.92 Å². The molecule has 1 aromatic carbocycles. The largest absolute Gasteiger partial charge is 0.478 e. The Bertz CT molecular complexity index is 1430. The molecule has 1 amide bonds. The van der Waals surface area contributed by atoms with Gasteiger partial charge in [0.05, 0.1) is 27.8 Å². The minimum Gasteiger partial charge on any atom is -0.478 e. The summed E-state index contributed by atoms with van der Waals surface area (Å²) >= 11 is 12.4. The van der Waals surface area contributed by atoms with E-state index in [4.69, 9.17) is 27.9 Å². The van der Waals surface area contributed by atoms with Crippen molar-refractivity contribution in [3.63, 3.8) is 0 Å². The maximum Gasteiger partial charge on any atom is 0.417 e. The highest BCUT2D eigenvalue weighted by atomic mass is 35.5. The first-order valence-corrected chi connectivity index (χ1v) is 12.8. The van der Waals surface area contributed by atoms with Crippen molar-refractivity contribution in [2.75, 3.05) is 19.7 Å².